The summed E-state index contributed by atoms with van der Waals surface area (Å²) >= 11 is 1.59. The molecule has 3 aromatic rings. The van der Waals surface area contributed by atoms with Crippen LogP contribution in [-0.4, -0.2) is 49.4 Å². The van der Waals surface area contributed by atoms with Gasteiger partial charge in [0.15, 0.2) is 0 Å². The molecule has 7 heteroatoms. The van der Waals surface area contributed by atoms with Crippen LogP contribution in [0.25, 0.3) is 22.0 Å². The molecule has 5 rings (SSSR count). The molecule has 0 atom stereocenters. The minimum atomic E-state index is 0.0276. The largest absolute Gasteiger partial charge is 0.333 e. The number of aromatic nitrogens is 1. The Labute approximate surface area is 207 Å². The Hall–Kier alpha value is -2.77. The molecule has 1 aliphatic heterocycles. The molecule has 1 saturated carbocycles. The molecule has 1 aromatic heterocycles. The number of hydrogen-bond donors (Lipinski definition) is 2. The monoisotopic (exact) mass is 477 g/mol. The molecule has 2 aliphatic rings. The number of carbonyl (C=O) groups excluding carboxylic acids is 1. The molecule has 0 unspecified atom stereocenters. The number of urea groups is 1. The molecule has 180 valence electrons. The first-order chi connectivity index (χ1) is 16.5. The number of nitrogens with zero attached hydrogens (tertiary/aromatic N) is 3. The standard InChI is InChI=1S/C24H26N4OS.C3H9N/c1-30-27-19-10-7-16(8-11-19)17-9-12-22-21(13-17)23-18(14-25-22)15-26-24(29)28(23)20-5-3-2-4-6-20;1-4(2)3/h7-14,20,27H,2-6,15H2,1H3,(H,26,29);1-3H3. The van der Waals surface area contributed by atoms with Gasteiger partial charge < -0.3 is 14.9 Å². The van der Waals surface area contributed by atoms with Crippen molar-refractivity contribution in [2.45, 2.75) is 44.7 Å². The third kappa shape index (κ3) is 5.47. The summed E-state index contributed by atoms with van der Waals surface area (Å²) in [5.74, 6) is 0. The lowest BCUT2D eigenvalue weighted by Crippen LogP contribution is -2.50. The van der Waals surface area contributed by atoms with E-state index in [1.165, 1.54) is 19.3 Å². The van der Waals surface area contributed by atoms with Crippen LogP contribution in [0, 0.1) is 0 Å². The first-order valence-corrected chi connectivity index (χ1v) is 13.2. The Kier molecular flexibility index (Phi) is 7.95. The van der Waals surface area contributed by atoms with Crippen LogP contribution in [0.1, 0.15) is 37.7 Å². The SMILES string of the molecule is CN(C)C.CSNc1ccc(-c2ccc3ncc4c(c3c2)N(C2CCCCC2)C(=O)NC4)cc1. The number of carbonyl (C=O) groups is 1. The molecule has 2 aromatic carbocycles. The summed E-state index contributed by atoms with van der Waals surface area (Å²) in [6, 6.07) is 15.1. The van der Waals surface area contributed by atoms with Crippen LogP contribution in [0.4, 0.5) is 16.2 Å². The molecule has 2 N–H and O–H groups in total. The van der Waals surface area contributed by atoms with Crippen molar-refractivity contribution < 1.29 is 4.79 Å². The van der Waals surface area contributed by atoms with Crippen molar-refractivity contribution >= 4 is 40.3 Å². The summed E-state index contributed by atoms with van der Waals surface area (Å²) in [5, 5.41) is 4.12. The first kappa shape index (κ1) is 24.4. The second-order valence-electron chi connectivity index (χ2n) is 9.41. The van der Waals surface area contributed by atoms with Crippen molar-refractivity contribution in [3.8, 4) is 11.1 Å². The Morgan fingerprint density at radius 3 is 2.38 bits per heavy atom. The zero-order valence-electron chi connectivity index (χ0n) is 20.6. The van der Waals surface area contributed by atoms with Crippen LogP contribution >= 0.6 is 11.9 Å². The fraction of sp³-hybridized carbons (Fsp3) is 0.407. The van der Waals surface area contributed by atoms with E-state index in [0.29, 0.717) is 6.54 Å². The van der Waals surface area contributed by atoms with E-state index in [2.05, 4.69) is 57.5 Å². The maximum Gasteiger partial charge on any atom is 0.322 e. The summed E-state index contributed by atoms with van der Waals surface area (Å²) in [5.41, 5.74) is 6.48. The van der Waals surface area contributed by atoms with E-state index in [-0.39, 0.29) is 12.1 Å². The molecule has 2 heterocycles. The Balaban J connectivity index is 0.000000636. The number of fused-ring (bicyclic) bond motifs is 3. The Morgan fingerprint density at radius 1 is 1.03 bits per heavy atom. The van der Waals surface area contributed by atoms with Gasteiger partial charge in [-0.2, -0.15) is 0 Å². The van der Waals surface area contributed by atoms with Gasteiger partial charge >= 0.3 is 6.03 Å². The lowest BCUT2D eigenvalue weighted by atomic mass is 9.92. The van der Waals surface area contributed by atoms with Gasteiger partial charge in [0.1, 0.15) is 0 Å². The number of pyridine rings is 1. The van der Waals surface area contributed by atoms with Crippen LogP contribution in [0.2, 0.25) is 0 Å². The topological polar surface area (TPSA) is 60.5 Å². The van der Waals surface area contributed by atoms with Crippen LogP contribution < -0.4 is 14.9 Å². The van der Waals surface area contributed by atoms with Crippen LogP contribution in [0.5, 0.6) is 0 Å². The van der Waals surface area contributed by atoms with Gasteiger partial charge in [-0.05, 0) is 69.4 Å². The van der Waals surface area contributed by atoms with Crippen molar-refractivity contribution in [1.82, 2.24) is 15.2 Å². The van der Waals surface area contributed by atoms with E-state index >= 15 is 0 Å². The maximum absolute atomic E-state index is 12.9. The molecular formula is C27H35N5OS. The van der Waals surface area contributed by atoms with E-state index in [4.69, 9.17) is 0 Å². The summed E-state index contributed by atoms with van der Waals surface area (Å²) in [6.07, 6.45) is 9.72. The quantitative estimate of drug-likeness (QED) is 0.443. The lowest BCUT2D eigenvalue weighted by Gasteiger charge is -2.38. The second-order valence-corrected chi connectivity index (χ2v) is 10.0. The van der Waals surface area contributed by atoms with Crippen LogP contribution in [-0.2, 0) is 6.54 Å². The number of amides is 2. The van der Waals surface area contributed by atoms with Crippen molar-refractivity contribution in [2.24, 2.45) is 0 Å². The Morgan fingerprint density at radius 2 is 1.71 bits per heavy atom. The van der Waals surface area contributed by atoms with Crippen molar-refractivity contribution in [1.29, 1.82) is 0 Å². The van der Waals surface area contributed by atoms with Crippen LogP contribution in [0.3, 0.4) is 0 Å². The number of anilines is 2. The van der Waals surface area contributed by atoms with Gasteiger partial charge in [-0.3, -0.25) is 9.88 Å². The van der Waals surface area contributed by atoms with Gasteiger partial charge in [0, 0.05) is 41.7 Å². The molecule has 0 saturated heterocycles. The highest BCUT2D eigenvalue weighted by atomic mass is 32.2. The molecular weight excluding hydrogens is 442 g/mol. The highest BCUT2D eigenvalue weighted by Crippen LogP contribution is 2.38. The average Bonchev–Trinajstić information content (AvgIpc) is 2.84. The summed E-state index contributed by atoms with van der Waals surface area (Å²) < 4.78 is 3.26. The normalized spacial score (nSPS) is 16.0. The van der Waals surface area contributed by atoms with E-state index in [0.717, 1.165) is 51.8 Å². The predicted octanol–water partition coefficient (Wildman–Crippen LogP) is 6.13. The first-order valence-electron chi connectivity index (χ1n) is 12.0. The fourth-order valence-corrected chi connectivity index (χ4v) is 5.08. The highest BCUT2D eigenvalue weighted by Gasteiger charge is 2.33. The summed E-state index contributed by atoms with van der Waals surface area (Å²) in [7, 11) is 6.00. The molecule has 34 heavy (non-hydrogen) atoms. The summed E-state index contributed by atoms with van der Waals surface area (Å²) in [4.78, 5) is 21.6. The van der Waals surface area contributed by atoms with Gasteiger partial charge in [0.05, 0.1) is 11.2 Å². The third-order valence-corrected chi connectivity index (χ3v) is 6.62. The molecule has 1 fully saturated rings. The van der Waals surface area contributed by atoms with E-state index in [9.17, 15) is 4.79 Å². The van der Waals surface area contributed by atoms with Crippen molar-refractivity contribution in [2.75, 3.05) is 37.0 Å². The average molecular weight is 478 g/mol. The molecule has 0 spiro atoms. The zero-order valence-corrected chi connectivity index (χ0v) is 21.4. The van der Waals surface area contributed by atoms with E-state index < -0.39 is 0 Å². The van der Waals surface area contributed by atoms with Gasteiger partial charge in [0.2, 0.25) is 0 Å². The molecule has 1 aliphatic carbocycles. The highest BCUT2D eigenvalue weighted by molar-refractivity contribution is 7.99. The van der Waals surface area contributed by atoms with Gasteiger partial charge in [-0.25, -0.2) is 4.79 Å². The third-order valence-electron chi connectivity index (χ3n) is 6.18. The Bertz CT molecular complexity index is 1120. The molecule has 0 radical (unpaired) electrons. The van der Waals surface area contributed by atoms with Crippen molar-refractivity contribution in [3.63, 3.8) is 0 Å². The minimum Gasteiger partial charge on any atom is -0.333 e. The molecule has 2 amide bonds. The number of benzene rings is 2. The van der Waals surface area contributed by atoms with Gasteiger partial charge in [-0.1, -0.05) is 49.4 Å². The predicted molar refractivity (Wildman–Crippen MR) is 146 cm³/mol. The van der Waals surface area contributed by atoms with E-state index in [1.54, 1.807) is 11.9 Å². The number of hydrogen-bond acceptors (Lipinski definition) is 5. The van der Waals surface area contributed by atoms with Gasteiger partial charge in [-0.15, -0.1) is 0 Å². The number of nitrogens with one attached hydrogen (secondary N) is 2. The van der Waals surface area contributed by atoms with E-state index in [1.807, 2.05) is 43.4 Å². The zero-order chi connectivity index (χ0) is 24.1. The van der Waals surface area contributed by atoms with Gasteiger partial charge in [0.25, 0.3) is 0 Å². The minimum absolute atomic E-state index is 0.0276. The number of rotatable bonds is 4. The smallest absolute Gasteiger partial charge is 0.322 e. The van der Waals surface area contributed by atoms with Crippen molar-refractivity contribution in [3.05, 3.63) is 54.2 Å². The molecule has 0 bridgehead atoms. The van der Waals surface area contributed by atoms with Crippen LogP contribution in [0.15, 0.2) is 48.7 Å². The fourth-order valence-electron chi connectivity index (χ4n) is 4.71. The molecule has 6 nitrogen and oxygen atoms in total. The second kappa shape index (κ2) is 11.1. The summed E-state index contributed by atoms with van der Waals surface area (Å²) in [6.45, 7) is 0.541. The lowest BCUT2D eigenvalue weighted by molar-refractivity contribution is 0.239. The maximum atomic E-state index is 12.9.